The van der Waals surface area contributed by atoms with Crippen LogP contribution in [0.5, 0.6) is 0 Å². The summed E-state index contributed by atoms with van der Waals surface area (Å²) in [6, 6.07) is 0.769. The summed E-state index contributed by atoms with van der Waals surface area (Å²) in [5, 5.41) is 20.8. The molecule has 0 aliphatic carbocycles. The van der Waals surface area contributed by atoms with Crippen molar-refractivity contribution in [2.45, 2.75) is 0 Å². The van der Waals surface area contributed by atoms with Crippen molar-refractivity contribution in [2.75, 3.05) is 7.11 Å². The van der Waals surface area contributed by atoms with Gasteiger partial charge in [-0.3, -0.25) is 20.2 Å². The summed E-state index contributed by atoms with van der Waals surface area (Å²) in [6.07, 6.45) is 0.866. The molecular formula is C6H5N4O5-. The molecule has 1 heterocycles. The molecule has 1 aromatic heterocycles. The van der Waals surface area contributed by atoms with Crippen molar-refractivity contribution in [3.8, 4) is 0 Å². The molecule has 0 spiro atoms. The van der Waals surface area contributed by atoms with Gasteiger partial charge in [0.25, 0.3) is 11.4 Å². The molecule has 0 amide bonds. The summed E-state index contributed by atoms with van der Waals surface area (Å²) >= 11 is 0. The Morgan fingerprint density at radius 3 is 2.53 bits per heavy atom. The zero-order chi connectivity index (χ0) is 11.4. The van der Waals surface area contributed by atoms with E-state index in [0.717, 1.165) is 12.3 Å². The number of hydrogen-bond donors (Lipinski definition) is 0. The lowest BCUT2D eigenvalue weighted by molar-refractivity contribution is -0.394. The topological polar surface area (TPSA) is 122 Å². The Labute approximate surface area is 82.9 Å². The van der Waals surface area contributed by atoms with Crippen LogP contribution in [0.15, 0.2) is 12.3 Å². The predicted molar refractivity (Wildman–Crippen MR) is 47.6 cm³/mol. The lowest BCUT2D eigenvalue weighted by Gasteiger charge is -2.11. The van der Waals surface area contributed by atoms with Gasteiger partial charge in [-0.25, -0.2) is 0 Å². The lowest BCUT2D eigenvalue weighted by atomic mass is 10.3. The number of rotatable bonds is 4. The maximum atomic E-state index is 10.5. The van der Waals surface area contributed by atoms with E-state index >= 15 is 0 Å². The zero-order valence-corrected chi connectivity index (χ0v) is 7.48. The summed E-state index contributed by atoms with van der Waals surface area (Å²) in [4.78, 5) is 27.0. The van der Waals surface area contributed by atoms with E-state index in [1.165, 1.54) is 7.11 Å². The smallest absolute Gasteiger partial charge is 0.277 e. The Kier molecular flexibility index (Phi) is 3.08. The van der Waals surface area contributed by atoms with E-state index in [-0.39, 0.29) is 5.82 Å². The molecule has 9 heteroatoms. The van der Waals surface area contributed by atoms with Crippen LogP contribution in [-0.2, 0) is 4.84 Å². The Bertz CT molecular complexity index is 407. The standard InChI is InChI=1S/C6H5N4O5/c1-15-8-6-5(10(13)14)2-4(3-7-6)9(11)12/h2-3H,1H3/q-1. The molecule has 0 radical (unpaired) electrons. The molecule has 0 saturated carbocycles. The van der Waals surface area contributed by atoms with Crippen molar-refractivity contribution in [1.29, 1.82) is 0 Å². The third-order valence-electron chi connectivity index (χ3n) is 1.42. The summed E-state index contributed by atoms with van der Waals surface area (Å²) in [6.45, 7) is 0. The quantitative estimate of drug-likeness (QED) is 0.550. The van der Waals surface area contributed by atoms with Gasteiger partial charge in [0.1, 0.15) is 0 Å². The number of nitrogens with zero attached hydrogens (tertiary/aromatic N) is 4. The Hall–Kier alpha value is -2.29. The van der Waals surface area contributed by atoms with Crippen molar-refractivity contribution >= 4 is 17.2 Å². The average Bonchev–Trinajstić information content (AvgIpc) is 2.18. The van der Waals surface area contributed by atoms with Crippen LogP contribution in [0.2, 0.25) is 0 Å². The summed E-state index contributed by atoms with van der Waals surface area (Å²) in [5.41, 5.74) is 2.20. The number of nitro groups is 2. The van der Waals surface area contributed by atoms with E-state index in [4.69, 9.17) is 0 Å². The second-order valence-electron chi connectivity index (χ2n) is 2.32. The van der Waals surface area contributed by atoms with Crippen LogP contribution in [0.3, 0.4) is 0 Å². The first-order valence-electron chi connectivity index (χ1n) is 3.59. The molecule has 0 bridgehead atoms. The van der Waals surface area contributed by atoms with Crippen molar-refractivity contribution < 1.29 is 14.7 Å². The molecule has 0 fully saturated rings. The van der Waals surface area contributed by atoms with Gasteiger partial charge in [0.2, 0.25) is 0 Å². The largest absolute Gasteiger partial charge is 0.430 e. The van der Waals surface area contributed by atoms with Gasteiger partial charge in [0.05, 0.1) is 15.9 Å². The Morgan fingerprint density at radius 1 is 1.40 bits per heavy atom. The average molecular weight is 213 g/mol. The highest BCUT2D eigenvalue weighted by Gasteiger charge is 2.14. The van der Waals surface area contributed by atoms with E-state index in [0.29, 0.717) is 0 Å². The van der Waals surface area contributed by atoms with E-state index in [2.05, 4.69) is 15.3 Å². The molecule has 1 rings (SSSR count). The van der Waals surface area contributed by atoms with Crippen molar-refractivity contribution in [2.24, 2.45) is 0 Å². The van der Waals surface area contributed by atoms with E-state index < -0.39 is 21.2 Å². The van der Waals surface area contributed by atoms with Crippen LogP contribution < -0.4 is 0 Å². The van der Waals surface area contributed by atoms with Gasteiger partial charge in [-0.2, -0.15) is 0 Å². The van der Waals surface area contributed by atoms with E-state index in [9.17, 15) is 20.2 Å². The first-order chi connectivity index (χ1) is 7.06. The molecule has 0 atom stereocenters. The van der Waals surface area contributed by atoms with Crippen LogP contribution in [-0.4, -0.2) is 21.9 Å². The van der Waals surface area contributed by atoms with Crippen molar-refractivity contribution in [3.05, 3.63) is 38.0 Å². The van der Waals surface area contributed by atoms with Crippen LogP contribution in [0.25, 0.3) is 5.48 Å². The third-order valence-corrected chi connectivity index (χ3v) is 1.42. The van der Waals surface area contributed by atoms with Gasteiger partial charge in [-0.05, 0) is 0 Å². The highest BCUT2D eigenvalue weighted by atomic mass is 16.6. The molecule has 0 aliphatic rings. The van der Waals surface area contributed by atoms with Gasteiger partial charge < -0.3 is 15.3 Å². The highest BCUT2D eigenvalue weighted by Crippen LogP contribution is 2.31. The van der Waals surface area contributed by atoms with Crippen LogP contribution >= 0.6 is 0 Å². The number of pyridine rings is 1. The molecule has 80 valence electrons. The minimum absolute atomic E-state index is 0.312. The fourth-order valence-electron chi connectivity index (χ4n) is 0.826. The van der Waals surface area contributed by atoms with Crippen LogP contribution in [0, 0.1) is 20.2 Å². The molecule has 0 N–H and O–H groups in total. The first-order valence-corrected chi connectivity index (χ1v) is 3.59. The van der Waals surface area contributed by atoms with Crippen molar-refractivity contribution in [1.82, 2.24) is 4.98 Å². The molecule has 0 aliphatic heterocycles. The van der Waals surface area contributed by atoms with Gasteiger partial charge in [0, 0.05) is 19.1 Å². The fraction of sp³-hybridized carbons (Fsp3) is 0.167. The van der Waals surface area contributed by atoms with Crippen molar-refractivity contribution in [3.63, 3.8) is 0 Å². The monoisotopic (exact) mass is 213 g/mol. The van der Waals surface area contributed by atoms with Crippen LogP contribution in [0.1, 0.15) is 0 Å². The Balaban J connectivity index is 3.20. The maximum absolute atomic E-state index is 10.5. The second-order valence-corrected chi connectivity index (χ2v) is 2.32. The molecule has 0 unspecified atom stereocenters. The SMILES string of the molecule is CO[N-]c1ncc([N+](=O)[O-])cc1[N+](=O)[O-]. The molecule has 0 aromatic carbocycles. The molecule has 15 heavy (non-hydrogen) atoms. The molecule has 1 aromatic rings. The second kappa shape index (κ2) is 4.28. The summed E-state index contributed by atoms with van der Waals surface area (Å²) in [5.74, 6) is -0.312. The van der Waals surface area contributed by atoms with E-state index in [1.807, 2.05) is 0 Å². The highest BCUT2D eigenvalue weighted by molar-refractivity contribution is 5.60. The minimum Gasteiger partial charge on any atom is -0.430 e. The Morgan fingerprint density at radius 2 is 2.07 bits per heavy atom. The van der Waals surface area contributed by atoms with Gasteiger partial charge >= 0.3 is 0 Å². The summed E-state index contributed by atoms with van der Waals surface area (Å²) < 4.78 is 0. The number of hydrogen-bond acceptors (Lipinski definition) is 6. The number of aromatic nitrogens is 1. The lowest BCUT2D eigenvalue weighted by Crippen LogP contribution is -1.95. The van der Waals surface area contributed by atoms with Gasteiger partial charge in [-0.1, -0.05) is 0 Å². The fourth-order valence-corrected chi connectivity index (χ4v) is 0.826. The predicted octanol–water partition coefficient (Wildman–Crippen LogP) is 1.46. The molecule has 0 saturated heterocycles. The minimum atomic E-state index is -0.822. The van der Waals surface area contributed by atoms with E-state index in [1.54, 1.807) is 0 Å². The normalized spacial score (nSPS) is 9.67. The molecular weight excluding hydrogens is 208 g/mol. The van der Waals surface area contributed by atoms with Gasteiger partial charge in [-0.15, -0.1) is 0 Å². The third kappa shape index (κ3) is 2.34. The summed E-state index contributed by atoms with van der Waals surface area (Å²) in [7, 11) is 1.19. The molecule has 9 nitrogen and oxygen atoms in total. The first kappa shape index (κ1) is 10.8. The van der Waals surface area contributed by atoms with Crippen LogP contribution in [0.4, 0.5) is 17.2 Å². The zero-order valence-electron chi connectivity index (χ0n) is 7.48. The maximum Gasteiger partial charge on any atom is 0.277 e. The van der Waals surface area contributed by atoms with Gasteiger partial charge in [0.15, 0.2) is 0 Å².